The fourth-order valence-corrected chi connectivity index (χ4v) is 2.63. The van der Waals surface area contributed by atoms with Gasteiger partial charge in [0.15, 0.2) is 5.82 Å². The van der Waals surface area contributed by atoms with E-state index in [0.29, 0.717) is 5.82 Å². The first-order chi connectivity index (χ1) is 7.20. The van der Waals surface area contributed by atoms with Gasteiger partial charge in [0, 0.05) is 18.6 Å². The summed E-state index contributed by atoms with van der Waals surface area (Å²) in [6, 6.07) is 1.87. The van der Waals surface area contributed by atoms with Crippen LogP contribution < -0.4 is 5.32 Å². The molecule has 15 heavy (non-hydrogen) atoms. The molecule has 2 aromatic rings. The standard InChI is InChI=1S/C9H7ClIN3S/c1-12-8-6(11)3-13-9(14-8)7-2-5(10)4-15-7/h2-4H,1H3,(H,12,13,14). The van der Waals surface area contributed by atoms with Crippen molar-refractivity contribution in [1.82, 2.24) is 9.97 Å². The first-order valence-corrected chi connectivity index (χ1v) is 6.49. The smallest absolute Gasteiger partial charge is 0.171 e. The quantitative estimate of drug-likeness (QED) is 0.842. The molecule has 0 amide bonds. The molecule has 78 valence electrons. The molecule has 0 unspecified atom stereocenters. The molecule has 0 aliphatic heterocycles. The summed E-state index contributed by atoms with van der Waals surface area (Å²) >= 11 is 9.58. The lowest BCUT2D eigenvalue weighted by molar-refractivity contribution is 1.16. The third-order valence-electron chi connectivity index (χ3n) is 1.77. The molecule has 2 aromatic heterocycles. The number of rotatable bonds is 2. The van der Waals surface area contributed by atoms with Crippen molar-refractivity contribution < 1.29 is 0 Å². The summed E-state index contributed by atoms with van der Waals surface area (Å²) in [5.74, 6) is 1.54. The summed E-state index contributed by atoms with van der Waals surface area (Å²) in [4.78, 5) is 9.64. The van der Waals surface area contributed by atoms with Crippen LogP contribution in [0.2, 0.25) is 5.02 Å². The van der Waals surface area contributed by atoms with Gasteiger partial charge >= 0.3 is 0 Å². The van der Waals surface area contributed by atoms with E-state index in [-0.39, 0.29) is 0 Å². The Morgan fingerprint density at radius 3 is 2.93 bits per heavy atom. The lowest BCUT2D eigenvalue weighted by atomic mass is 10.4. The number of anilines is 1. The number of nitrogens with one attached hydrogen (secondary N) is 1. The molecule has 0 aliphatic rings. The van der Waals surface area contributed by atoms with Gasteiger partial charge in [-0.25, -0.2) is 9.97 Å². The van der Waals surface area contributed by atoms with E-state index in [1.807, 2.05) is 18.5 Å². The van der Waals surface area contributed by atoms with Crippen LogP contribution >= 0.6 is 45.5 Å². The van der Waals surface area contributed by atoms with Crippen molar-refractivity contribution in [3.05, 3.63) is 26.2 Å². The molecule has 6 heteroatoms. The van der Waals surface area contributed by atoms with Gasteiger partial charge in [-0.15, -0.1) is 11.3 Å². The number of nitrogens with zero attached hydrogens (tertiary/aromatic N) is 2. The number of aromatic nitrogens is 2. The van der Waals surface area contributed by atoms with E-state index in [1.54, 1.807) is 17.5 Å². The zero-order valence-electron chi connectivity index (χ0n) is 7.79. The van der Waals surface area contributed by atoms with E-state index >= 15 is 0 Å². The van der Waals surface area contributed by atoms with Gasteiger partial charge in [0.2, 0.25) is 0 Å². The van der Waals surface area contributed by atoms with E-state index < -0.39 is 0 Å². The topological polar surface area (TPSA) is 37.8 Å². The molecule has 3 nitrogen and oxygen atoms in total. The molecular formula is C9H7ClIN3S. The van der Waals surface area contributed by atoms with Gasteiger partial charge in [-0.1, -0.05) is 11.6 Å². The molecule has 0 fully saturated rings. The summed E-state index contributed by atoms with van der Waals surface area (Å²) in [6.45, 7) is 0. The highest BCUT2D eigenvalue weighted by Gasteiger charge is 2.07. The largest absolute Gasteiger partial charge is 0.372 e. The Hall–Kier alpha value is -0.400. The Morgan fingerprint density at radius 2 is 2.33 bits per heavy atom. The highest BCUT2D eigenvalue weighted by Crippen LogP contribution is 2.28. The molecule has 0 bridgehead atoms. The Morgan fingerprint density at radius 1 is 1.53 bits per heavy atom. The third kappa shape index (κ3) is 2.40. The van der Waals surface area contributed by atoms with Gasteiger partial charge in [-0.2, -0.15) is 0 Å². The van der Waals surface area contributed by atoms with Crippen LogP contribution in [0.25, 0.3) is 10.7 Å². The maximum Gasteiger partial charge on any atom is 0.171 e. The highest BCUT2D eigenvalue weighted by molar-refractivity contribution is 14.1. The second-order valence-electron chi connectivity index (χ2n) is 2.77. The van der Waals surface area contributed by atoms with E-state index in [0.717, 1.165) is 19.3 Å². The third-order valence-corrected chi connectivity index (χ3v) is 3.83. The normalized spacial score (nSPS) is 10.3. The molecule has 0 atom stereocenters. The summed E-state index contributed by atoms with van der Waals surface area (Å²) < 4.78 is 1.00. The Kier molecular flexibility index (Phi) is 3.42. The van der Waals surface area contributed by atoms with Crippen molar-refractivity contribution in [2.75, 3.05) is 12.4 Å². The first-order valence-electron chi connectivity index (χ1n) is 4.15. The Labute approximate surface area is 110 Å². The maximum absolute atomic E-state index is 5.85. The first kappa shape index (κ1) is 11.1. The van der Waals surface area contributed by atoms with Crippen molar-refractivity contribution in [1.29, 1.82) is 0 Å². The van der Waals surface area contributed by atoms with Crippen LogP contribution in [0.1, 0.15) is 0 Å². The minimum atomic E-state index is 0.705. The molecule has 2 heterocycles. The van der Waals surface area contributed by atoms with Gasteiger partial charge in [0.25, 0.3) is 0 Å². The molecule has 0 spiro atoms. The fourth-order valence-electron chi connectivity index (χ4n) is 1.09. The molecule has 0 aromatic carbocycles. The number of thiophene rings is 1. The molecule has 0 saturated heterocycles. The minimum absolute atomic E-state index is 0.705. The lowest BCUT2D eigenvalue weighted by Gasteiger charge is -2.03. The summed E-state index contributed by atoms with van der Waals surface area (Å²) in [5, 5.41) is 5.62. The van der Waals surface area contributed by atoms with Crippen LogP contribution in [-0.2, 0) is 0 Å². The van der Waals surface area contributed by atoms with Crippen molar-refractivity contribution >= 4 is 51.3 Å². The Balaban J connectivity index is 2.45. The summed E-state index contributed by atoms with van der Waals surface area (Å²) in [6.07, 6.45) is 1.79. The predicted molar refractivity (Wildman–Crippen MR) is 72.6 cm³/mol. The molecular weight excluding hydrogens is 345 g/mol. The molecule has 2 rings (SSSR count). The monoisotopic (exact) mass is 351 g/mol. The lowest BCUT2D eigenvalue weighted by Crippen LogP contribution is -1.98. The van der Waals surface area contributed by atoms with Gasteiger partial charge in [0.05, 0.1) is 13.5 Å². The van der Waals surface area contributed by atoms with Gasteiger partial charge in [-0.3, -0.25) is 0 Å². The zero-order valence-corrected chi connectivity index (χ0v) is 11.5. The van der Waals surface area contributed by atoms with Crippen LogP contribution in [0, 0.1) is 3.57 Å². The minimum Gasteiger partial charge on any atom is -0.372 e. The van der Waals surface area contributed by atoms with Gasteiger partial charge in [-0.05, 0) is 28.7 Å². The van der Waals surface area contributed by atoms with E-state index in [4.69, 9.17) is 11.6 Å². The van der Waals surface area contributed by atoms with Crippen LogP contribution in [0.15, 0.2) is 17.6 Å². The zero-order chi connectivity index (χ0) is 10.8. The summed E-state index contributed by atoms with van der Waals surface area (Å²) in [5.41, 5.74) is 0. The molecule has 0 radical (unpaired) electrons. The SMILES string of the molecule is CNc1nc(-c2cc(Cl)cs2)ncc1I. The van der Waals surface area contributed by atoms with E-state index in [1.165, 1.54) is 0 Å². The average Bonchev–Trinajstić information content (AvgIpc) is 2.66. The van der Waals surface area contributed by atoms with Crippen LogP contribution in [0.3, 0.4) is 0 Å². The van der Waals surface area contributed by atoms with E-state index in [9.17, 15) is 0 Å². The van der Waals surface area contributed by atoms with Crippen LogP contribution in [0.4, 0.5) is 5.82 Å². The summed E-state index contributed by atoms with van der Waals surface area (Å²) in [7, 11) is 1.84. The van der Waals surface area contributed by atoms with Crippen molar-refractivity contribution in [2.45, 2.75) is 0 Å². The second kappa shape index (κ2) is 4.63. The highest BCUT2D eigenvalue weighted by atomic mass is 127. The number of hydrogen-bond acceptors (Lipinski definition) is 4. The van der Waals surface area contributed by atoms with Crippen molar-refractivity contribution in [3.63, 3.8) is 0 Å². The van der Waals surface area contributed by atoms with Crippen LogP contribution in [-0.4, -0.2) is 17.0 Å². The van der Waals surface area contributed by atoms with Gasteiger partial charge < -0.3 is 5.32 Å². The van der Waals surface area contributed by atoms with Gasteiger partial charge in [0.1, 0.15) is 5.82 Å². The fraction of sp³-hybridized carbons (Fsp3) is 0.111. The predicted octanol–water partition coefficient (Wildman–Crippen LogP) is 3.50. The number of hydrogen-bond donors (Lipinski definition) is 1. The average molecular weight is 352 g/mol. The Bertz CT molecular complexity index is 486. The number of halogens is 2. The molecule has 1 N–H and O–H groups in total. The molecule has 0 aliphatic carbocycles. The van der Waals surface area contributed by atoms with Crippen LogP contribution in [0.5, 0.6) is 0 Å². The van der Waals surface area contributed by atoms with Crippen molar-refractivity contribution in [3.8, 4) is 10.7 Å². The van der Waals surface area contributed by atoms with Crippen molar-refractivity contribution in [2.24, 2.45) is 0 Å². The molecule has 0 saturated carbocycles. The second-order valence-corrected chi connectivity index (χ2v) is 5.28. The maximum atomic E-state index is 5.85. The van der Waals surface area contributed by atoms with E-state index in [2.05, 4.69) is 37.9 Å².